The first-order valence-electron chi connectivity index (χ1n) is 7.77. The van der Waals surface area contributed by atoms with Gasteiger partial charge in [0.15, 0.2) is 0 Å². The lowest BCUT2D eigenvalue weighted by atomic mass is 10.2. The predicted octanol–water partition coefficient (Wildman–Crippen LogP) is 4.24. The van der Waals surface area contributed by atoms with E-state index >= 15 is 0 Å². The molecular weight excluding hydrogens is 316 g/mol. The van der Waals surface area contributed by atoms with Crippen molar-refractivity contribution in [3.05, 3.63) is 77.6 Å². The van der Waals surface area contributed by atoms with Crippen LogP contribution in [0, 0.1) is 6.92 Å². The molecule has 1 heterocycles. The van der Waals surface area contributed by atoms with Gasteiger partial charge in [0.2, 0.25) is 0 Å². The maximum atomic E-state index is 10.9. The van der Waals surface area contributed by atoms with Crippen LogP contribution >= 0.6 is 0 Å². The highest BCUT2D eigenvalue weighted by atomic mass is 16.5. The molecule has 0 fully saturated rings. The number of ether oxygens (including phenoxy) is 1. The molecule has 0 radical (unpaired) electrons. The molecule has 0 aliphatic carbocycles. The van der Waals surface area contributed by atoms with Crippen LogP contribution < -0.4 is 4.74 Å². The third-order valence-corrected chi connectivity index (χ3v) is 3.86. The lowest BCUT2D eigenvalue weighted by Gasteiger charge is -2.06. The van der Waals surface area contributed by atoms with E-state index < -0.39 is 5.97 Å². The van der Waals surface area contributed by atoms with Crippen LogP contribution in [0.3, 0.4) is 0 Å². The summed E-state index contributed by atoms with van der Waals surface area (Å²) in [6.45, 7) is 2.03. The molecule has 0 unspecified atom stereocenters. The van der Waals surface area contributed by atoms with Crippen LogP contribution in [-0.2, 0) is 0 Å². The van der Waals surface area contributed by atoms with Gasteiger partial charge in [-0.25, -0.2) is 4.79 Å². The largest absolute Gasteiger partial charge is 0.497 e. The Balaban J connectivity index is 1.80. The first-order chi connectivity index (χ1) is 12.1. The zero-order valence-electron chi connectivity index (χ0n) is 14.0. The molecule has 5 heteroatoms. The van der Waals surface area contributed by atoms with Gasteiger partial charge in [-0.05, 0) is 61.5 Å². The number of aromatic carboxylic acids is 1. The molecule has 0 aliphatic heterocycles. The fraction of sp³-hybridized carbons (Fsp3) is 0.100. The molecule has 0 amide bonds. The van der Waals surface area contributed by atoms with Crippen LogP contribution in [0.5, 0.6) is 5.75 Å². The van der Waals surface area contributed by atoms with E-state index in [4.69, 9.17) is 9.84 Å². The first kappa shape index (κ1) is 16.5. The second kappa shape index (κ2) is 7.05. The topological polar surface area (TPSA) is 63.8 Å². The molecule has 0 spiro atoms. The van der Waals surface area contributed by atoms with Gasteiger partial charge in [0.1, 0.15) is 5.75 Å². The zero-order chi connectivity index (χ0) is 17.8. The average molecular weight is 334 g/mol. The lowest BCUT2D eigenvalue weighted by Crippen LogP contribution is -1.94. The number of aromatic nitrogens is 1. The van der Waals surface area contributed by atoms with Gasteiger partial charge in [-0.1, -0.05) is 0 Å². The molecule has 0 saturated carbocycles. The molecule has 0 bridgehead atoms. The Morgan fingerprint density at radius 3 is 2.40 bits per heavy atom. The number of carbonyl (C=O) groups is 1. The lowest BCUT2D eigenvalue weighted by molar-refractivity contribution is 0.0697. The Labute approximate surface area is 145 Å². The summed E-state index contributed by atoms with van der Waals surface area (Å²) >= 11 is 0. The van der Waals surface area contributed by atoms with Crippen molar-refractivity contribution >= 4 is 17.9 Å². The van der Waals surface area contributed by atoms with Crippen LogP contribution in [0.4, 0.5) is 5.69 Å². The summed E-state index contributed by atoms with van der Waals surface area (Å²) in [5.74, 6) is -0.122. The summed E-state index contributed by atoms with van der Waals surface area (Å²) in [7, 11) is 1.65. The molecular formula is C20H18N2O3. The molecule has 0 atom stereocenters. The molecule has 0 aliphatic rings. The molecule has 2 aromatic carbocycles. The average Bonchev–Trinajstić information content (AvgIpc) is 3.01. The van der Waals surface area contributed by atoms with E-state index in [1.807, 2.05) is 43.5 Å². The van der Waals surface area contributed by atoms with E-state index in [2.05, 4.69) is 9.56 Å². The molecule has 0 saturated heterocycles. The minimum atomic E-state index is -0.942. The van der Waals surface area contributed by atoms with Crippen molar-refractivity contribution < 1.29 is 14.6 Å². The van der Waals surface area contributed by atoms with Gasteiger partial charge in [-0.15, -0.1) is 0 Å². The fourth-order valence-corrected chi connectivity index (χ4v) is 2.53. The van der Waals surface area contributed by atoms with Crippen molar-refractivity contribution in [2.45, 2.75) is 6.92 Å². The van der Waals surface area contributed by atoms with Gasteiger partial charge in [-0.3, -0.25) is 4.99 Å². The summed E-state index contributed by atoms with van der Waals surface area (Å²) in [5.41, 5.74) is 4.06. The quantitative estimate of drug-likeness (QED) is 0.710. The van der Waals surface area contributed by atoms with Gasteiger partial charge in [0.05, 0.1) is 18.4 Å². The van der Waals surface area contributed by atoms with E-state index in [0.717, 1.165) is 22.7 Å². The normalized spacial score (nSPS) is 11.0. The smallest absolute Gasteiger partial charge is 0.335 e. The first-order valence-corrected chi connectivity index (χ1v) is 7.77. The third-order valence-electron chi connectivity index (χ3n) is 3.86. The number of hydrogen-bond donors (Lipinski definition) is 1. The third kappa shape index (κ3) is 3.77. The van der Waals surface area contributed by atoms with Crippen LogP contribution in [0.15, 0.2) is 65.8 Å². The second-order valence-corrected chi connectivity index (χ2v) is 5.59. The Morgan fingerprint density at radius 1 is 1.12 bits per heavy atom. The summed E-state index contributed by atoms with van der Waals surface area (Å²) in [6, 6.07) is 16.3. The SMILES string of the molecule is COc1ccc(-n2cc(C=Nc3ccc(C(=O)O)cc3)cc2C)cc1. The number of methoxy groups -OCH3 is 1. The monoisotopic (exact) mass is 334 g/mol. The Bertz CT molecular complexity index is 907. The van der Waals surface area contributed by atoms with Crippen LogP contribution in [0.2, 0.25) is 0 Å². The van der Waals surface area contributed by atoms with Crippen LogP contribution in [0.25, 0.3) is 5.69 Å². The van der Waals surface area contributed by atoms with Crippen molar-refractivity contribution in [1.82, 2.24) is 4.57 Å². The number of aliphatic imine (C=N–C) groups is 1. The number of aryl methyl sites for hydroxylation is 1. The Hall–Kier alpha value is -3.34. The summed E-state index contributed by atoms with van der Waals surface area (Å²) in [6.07, 6.45) is 3.77. The van der Waals surface area contributed by atoms with E-state index in [1.54, 1.807) is 37.6 Å². The highest BCUT2D eigenvalue weighted by Gasteiger charge is 2.04. The number of nitrogens with zero attached hydrogens (tertiary/aromatic N) is 2. The Morgan fingerprint density at radius 2 is 1.80 bits per heavy atom. The fourth-order valence-electron chi connectivity index (χ4n) is 2.53. The highest BCUT2D eigenvalue weighted by Crippen LogP contribution is 2.19. The minimum absolute atomic E-state index is 0.250. The van der Waals surface area contributed by atoms with Gasteiger partial charge in [0, 0.05) is 29.4 Å². The highest BCUT2D eigenvalue weighted by molar-refractivity contribution is 5.88. The van der Waals surface area contributed by atoms with Crippen LogP contribution in [0.1, 0.15) is 21.6 Å². The maximum absolute atomic E-state index is 10.9. The summed E-state index contributed by atoms with van der Waals surface area (Å²) in [5, 5.41) is 8.91. The second-order valence-electron chi connectivity index (χ2n) is 5.59. The number of benzene rings is 2. The van der Waals surface area contributed by atoms with Crippen molar-refractivity contribution in [2.75, 3.05) is 7.11 Å². The summed E-state index contributed by atoms with van der Waals surface area (Å²) < 4.78 is 7.26. The van der Waals surface area contributed by atoms with Gasteiger partial charge in [0.25, 0.3) is 0 Å². The van der Waals surface area contributed by atoms with Crippen molar-refractivity contribution in [3.63, 3.8) is 0 Å². The van der Waals surface area contributed by atoms with E-state index in [0.29, 0.717) is 5.69 Å². The molecule has 126 valence electrons. The maximum Gasteiger partial charge on any atom is 0.335 e. The molecule has 3 aromatic rings. The van der Waals surface area contributed by atoms with E-state index in [9.17, 15) is 4.79 Å². The molecule has 5 nitrogen and oxygen atoms in total. The van der Waals surface area contributed by atoms with Gasteiger partial charge < -0.3 is 14.4 Å². The van der Waals surface area contributed by atoms with Crippen molar-refractivity contribution in [3.8, 4) is 11.4 Å². The van der Waals surface area contributed by atoms with E-state index in [-0.39, 0.29) is 5.56 Å². The van der Waals surface area contributed by atoms with E-state index in [1.165, 1.54) is 0 Å². The minimum Gasteiger partial charge on any atom is -0.497 e. The van der Waals surface area contributed by atoms with Crippen molar-refractivity contribution in [1.29, 1.82) is 0 Å². The summed E-state index contributed by atoms with van der Waals surface area (Å²) in [4.78, 5) is 15.3. The predicted molar refractivity (Wildman–Crippen MR) is 97.7 cm³/mol. The van der Waals surface area contributed by atoms with Gasteiger partial charge >= 0.3 is 5.97 Å². The number of carboxylic acid groups (broad SMARTS) is 1. The zero-order valence-corrected chi connectivity index (χ0v) is 14.0. The molecule has 25 heavy (non-hydrogen) atoms. The standard InChI is InChI=1S/C20H18N2O3/c1-14-11-15(12-21-17-5-3-16(4-6-17)20(23)24)13-22(14)18-7-9-19(25-2)10-8-18/h3-13H,1-2H3,(H,23,24). The number of carboxylic acids is 1. The molecule has 3 rings (SSSR count). The molecule has 1 aromatic heterocycles. The number of rotatable bonds is 5. The van der Waals surface area contributed by atoms with Crippen molar-refractivity contribution in [2.24, 2.45) is 4.99 Å². The van der Waals surface area contributed by atoms with Crippen LogP contribution in [-0.4, -0.2) is 29.0 Å². The Kier molecular flexibility index (Phi) is 4.66. The molecule has 1 N–H and O–H groups in total. The van der Waals surface area contributed by atoms with Gasteiger partial charge in [-0.2, -0.15) is 0 Å². The number of hydrogen-bond acceptors (Lipinski definition) is 3.